The maximum absolute atomic E-state index is 12.8. The van der Waals surface area contributed by atoms with Crippen LogP contribution in [-0.2, 0) is 10.0 Å². The average Bonchev–Trinajstić information content (AvgIpc) is 3.37. The molecule has 3 aromatic carbocycles. The molecule has 0 radical (unpaired) electrons. The normalized spacial score (nSPS) is 14.6. The molecule has 1 N–H and O–H groups in total. The lowest BCUT2D eigenvalue weighted by Gasteiger charge is -2.19. The monoisotopic (exact) mass is 434 g/mol. The van der Waals surface area contributed by atoms with Gasteiger partial charge >= 0.3 is 0 Å². The molecule has 0 unspecified atom stereocenters. The number of carbonyl (C=O) groups is 1. The van der Waals surface area contributed by atoms with E-state index in [1.54, 1.807) is 12.1 Å². The Labute approximate surface area is 183 Å². The molecule has 4 rings (SSSR count). The number of sulfonamides is 1. The summed E-state index contributed by atoms with van der Waals surface area (Å²) < 4.78 is 26.8. The number of hydrogen-bond donors (Lipinski definition) is 1. The van der Waals surface area contributed by atoms with Gasteiger partial charge in [0, 0.05) is 31.1 Å². The zero-order valence-electron chi connectivity index (χ0n) is 17.3. The lowest BCUT2D eigenvalue weighted by molar-refractivity contribution is 0.0952. The quantitative estimate of drug-likeness (QED) is 0.610. The summed E-state index contributed by atoms with van der Waals surface area (Å²) in [5.74, 6) is -0.192. The van der Waals surface area contributed by atoms with Gasteiger partial charge in [-0.2, -0.15) is 4.31 Å². The first-order valence-corrected chi connectivity index (χ1v) is 12.0. The zero-order chi connectivity index (χ0) is 21.7. The number of rotatable bonds is 7. The Morgan fingerprint density at radius 3 is 1.84 bits per heavy atom. The summed E-state index contributed by atoms with van der Waals surface area (Å²) in [6.07, 6.45) is 1.79. The van der Waals surface area contributed by atoms with Crippen LogP contribution in [0.2, 0.25) is 0 Å². The third-order valence-electron chi connectivity index (χ3n) is 5.69. The van der Waals surface area contributed by atoms with Crippen molar-refractivity contribution in [2.45, 2.75) is 23.7 Å². The Hall–Kier alpha value is -2.96. The van der Waals surface area contributed by atoms with Crippen molar-refractivity contribution < 1.29 is 13.2 Å². The second-order valence-electron chi connectivity index (χ2n) is 7.72. The van der Waals surface area contributed by atoms with E-state index in [4.69, 9.17) is 0 Å². The third kappa shape index (κ3) is 4.86. The molecule has 1 amide bonds. The first kappa shape index (κ1) is 21.3. The lowest BCUT2D eigenvalue weighted by atomic mass is 9.91. The molecule has 160 valence electrons. The molecular formula is C25H26N2O3S. The van der Waals surface area contributed by atoms with Crippen molar-refractivity contribution in [2.24, 2.45) is 0 Å². The second kappa shape index (κ2) is 9.45. The van der Waals surface area contributed by atoms with E-state index in [1.165, 1.54) is 16.4 Å². The van der Waals surface area contributed by atoms with Gasteiger partial charge in [0.1, 0.15) is 0 Å². The van der Waals surface area contributed by atoms with E-state index in [0.29, 0.717) is 25.2 Å². The molecule has 0 atom stereocenters. The zero-order valence-corrected chi connectivity index (χ0v) is 18.1. The Balaban J connectivity index is 1.47. The number of hydrogen-bond acceptors (Lipinski definition) is 3. The Morgan fingerprint density at radius 2 is 1.32 bits per heavy atom. The first-order chi connectivity index (χ1) is 15.1. The van der Waals surface area contributed by atoms with E-state index in [1.807, 2.05) is 36.4 Å². The number of amides is 1. The predicted octanol–water partition coefficient (Wildman–Crippen LogP) is 4.03. The Morgan fingerprint density at radius 1 is 0.806 bits per heavy atom. The highest BCUT2D eigenvalue weighted by molar-refractivity contribution is 7.89. The van der Waals surface area contributed by atoms with Crippen LogP contribution in [0.3, 0.4) is 0 Å². The lowest BCUT2D eigenvalue weighted by Crippen LogP contribution is -2.29. The van der Waals surface area contributed by atoms with E-state index in [2.05, 4.69) is 29.6 Å². The molecule has 1 aliphatic heterocycles. The number of benzene rings is 3. The van der Waals surface area contributed by atoms with Crippen molar-refractivity contribution in [3.8, 4) is 0 Å². The third-order valence-corrected chi connectivity index (χ3v) is 7.60. The molecule has 1 saturated heterocycles. The number of nitrogens with one attached hydrogen (secondary N) is 1. The van der Waals surface area contributed by atoms with Crippen LogP contribution in [0.15, 0.2) is 89.8 Å². The molecule has 0 bridgehead atoms. The van der Waals surface area contributed by atoms with Gasteiger partial charge in [-0.25, -0.2) is 8.42 Å². The first-order valence-electron chi connectivity index (χ1n) is 10.5. The molecule has 0 spiro atoms. The van der Waals surface area contributed by atoms with Crippen LogP contribution in [-0.4, -0.2) is 38.3 Å². The summed E-state index contributed by atoms with van der Waals surface area (Å²) in [5.41, 5.74) is 2.70. The molecule has 1 aliphatic rings. The maximum atomic E-state index is 12.8. The molecule has 1 fully saturated rings. The summed E-state index contributed by atoms with van der Waals surface area (Å²) in [7, 11) is -3.48. The van der Waals surface area contributed by atoms with Gasteiger partial charge in [-0.15, -0.1) is 0 Å². The molecule has 31 heavy (non-hydrogen) atoms. The van der Waals surface area contributed by atoms with Crippen LogP contribution < -0.4 is 5.32 Å². The van der Waals surface area contributed by atoms with Crippen molar-refractivity contribution >= 4 is 15.9 Å². The molecule has 6 heteroatoms. The van der Waals surface area contributed by atoms with Crippen LogP contribution in [0.25, 0.3) is 0 Å². The highest BCUT2D eigenvalue weighted by atomic mass is 32.2. The van der Waals surface area contributed by atoms with Gasteiger partial charge in [0.25, 0.3) is 5.91 Å². The fraction of sp³-hybridized carbons (Fsp3) is 0.240. The topological polar surface area (TPSA) is 66.5 Å². The maximum Gasteiger partial charge on any atom is 0.251 e. The second-order valence-corrected chi connectivity index (χ2v) is 9.66. The van der Waals surface area contributed by atoms with Gasteiger partial charge in [0.15, 0.2) is 0 Å². The summed E-state index contributed by atoms with van der Waals surface area (Å²) in [4.78, 5) is 13.0. The van der Waals surface area contributed by atoms with Crippen molar-refractivity contribution in [3.63, 3.8) is 0 Å². The van der Waals surface area contributed by atoms with Gasteiger partial charge in [-0.3, -0.25) is 4.79 Å². The average molecular weight is 435 g/mol. The largest absolute Gasteiger partial charge is 0.351 e. The van der Waals surface area contributed by atoms with E-state index in [9.17, 15) is 13.2 Å². The van der Waals surface area contributed by atoms with E-state index in [0.717, 1.165) is 24.0 Å². The fourth-order valence-corrected chi connectivity index (χ4v) is 5.47. The molecular weight excluding hydrogens is 408 g/mol. The standard InChI is InChI=1S/C25H26N2O3S/c28-25(22-13-15-23(16-14-22)31(29,30)27-17-7-8-18-27)26-19-24(20-9-3-1-4-10-20)21-11-5-2-6-12-21/h1-6,9-16,24H,7-8,17-19H2,(H,26,28). The van der Waals surface area contributed by atoms with Gasteiger partial charge < -0.3 is 5.32 Å². The molecule has 1 heterocycles. The van der Waals surface area contributed by atoms with Gasteiger partial charge in [-0.1, -0.05) is 60.7 Å². The van der Waals surface area contributed by atoms with Crippen LogP contribution in [0.4, 0.5) is 0 Å². The molecule has 3 aromatic rings. The van der Waals surface area contributed by atoms with Crippen molar-refractivity contribution in [1.82, 2.24) is 9.62 Å². The van der Waals surface area contributed by atoms with Crippen molar-refractivity contribution in [3.05, 3.63) is 102 Å². The Kier molecular flexibility index (Phi) is 6.49. The summed E-state index contributed by atoms with van der Waals surface area (Å²) >= 11 is 0. The van der Waals surface area contributed by atoms with Gasteiger partial charge in [-0.05, 0) is 48.2 Å². The van der Waals surface area contributed by atoms with Crippen LogP contribution in [0.5, 0.6) is 0 Å². The Bertz CT molecular complexity index is 1070. The van der Waals surface area contributed by atoms with E-state index < -0.39 is 10.0 Å². The minimum Gasteiger partial charge on any atom is -0.351 e. The van der Waals surface area contributed by atoms with Crippen LogP contribution in [0.1, 0.15) is 40.2 Å². The van der Waals surface area contributed by atoms with Crippen molar-refractivity contribution in [2.75, 3.05) is 19.6 Å². The summed E-state index contributed by atoms with van der Waals surface area (Å²) in [6, 6.07) is 26.4. The van der Waals surface area contributed by atoms with Crippen molar-refractivity contribution in [1.29, 1.82) is 0 Å². The minimum absolute atomic E-state index is 0.0289. The molecule has 0 saturated carbocycles. The highest BCUT2D eigenvalue weighted by Crippen LogP contribution is 2.24. The summed E-state index contributed by atoms with van der Waals surface area (Å²) in [6.45, 7) is 1.57. The predicted molar refractivity (Wildman–Crippen MR) is 121 cm³/mol. The van der Waals surface area contributed by atoms with Gasteiger partial charge in [0.2, 0.25) is 10.0 Å². The van der Waals surface area contributed by atoms with Gasteiger partial charge in [0.05, 0.1) is 4.90 Å². The molecule has 5 nitrogen and oxygen atoms in total. The number of nitrogens with zero attached hydrogens (tertiary/aromatic N) is 1. The van der Waals surface area contributed by atoms with E-state index in [-0.39, 0.29) is 16.7 Å². The van der Waals surface area contributed by atoms with Crippen LogP contribution in [0, 0.1) is 0 Å². The highest BCUT2D eigenvalue weighted by Gasteiger charge is 2.27. The number of carbonyl (C=O) groups excluding carboxylic acids is 1. The van der Waals surface area contributed by atoms with E-state index >= 15 is 0 Å². The molecule has 0 aliphatic carbocycles. The van der Waals surface area contributed by atoms with Crippen LogP contribution >= 0.6 is 0 Å². The molecule has 0 aromatic heterocycles. The minimum atomic E-state index is -3.48. The smallest absolute Gasteiger partial charge is 0.251 e. The fourth-order valence-electron chi connectivity index (χ4n) is 3.95. The summed E-state index contributed by atoms with van der Waals surface area (Å²) in [5, 5.41) is 3.01. The SMILES string of the molecule is O=C(NCC(c1ccccc1)c1ccccc1)c1ccc(S(=O)(=O)N2CCCC2)cc1.